The predicted octanol–water partition coefficient (Wildman–Crippen LogP) is 4.18. The normalized spacial score (nSPS) is 15.3. The second-order valence-corrected chi connectivity index (χ2v) is 11.5. The van der Waals surface area contributed by atoms with Gasteiger partial charge in [0.15, 0.2) is 13.5 Å². The van der Waals surface area contributed by atoms with Crippen molar-refractivity contribution >= 4 is 47.9 Å². The third-order valence-electron chi connectivity index (χ3n) is 7.94. The molecule has 9 nitrogen and oxygen atoms in total. The summed E-state index contributed by atoms with van der Waals surface area (Å²) in [6, 6.07) is 10.7. The fourth-order valence-corrected chi connectivity index (χ4v) is 6.04. The van der Waals surface area contributed by atoms with Crippen molar-refractivity contribution in [1.29, 1.82) is 0 Å². The number of pyridine rings is 2. The van der Waals surface area contributed by atoms with E-state index in [9.17, 15) is 14.4 Å². The lowest BCUT2D eigenvalue weighted by atomic mass is 9.90. The molecule has 11 heteroatoms. The first kappa shape index (κ1) is 30.2. The van der Waals surface area contributed by atoms with Gasteiger partial charge in [-0.05, 0) is 43.0 Å². The number of hydrogen-bond donors (Lipinski definition) is 0. The molecular formula is C32H34BClN6O3. The molecule has 1 aliphatic rings. The predicted molar refractivity (Wildman–Crippen MR) is 173 cm³/mol. The molecule has 1 atom stereocenters. The smallest absolute Gasteiger partial charge is 0.350 e. The van der Waals surface area contributed by atoms with Crippen LogP contribution in [0.4, 0.5) is 5.82 Å². The van der Waals surface area contributed by atoms with Crippen molar-refractivity contribution in [2.75, 3.05) is 24.5 Å². The van der Waals surface area contributed by atoms with Gasteiger partial charge in [0.25, 0.3) is 0 Å². The summed E-state index contributed by atoms with van der Waals surface area (Å²) in [5.41, 5.74) is 3.55. The Morgan fingerprint density at radius 1 is 1.19 bits per heavy atom. The van der Waals surface area contributed by atoms with Gasteiger partial charge >= 0.3 is 5.69 Å². The van der Waals surface area contributed by atoms with E-state index in [0.29, 0.717) is 70.4 Å². The molecule has 3 aromatic heterocycles. The zero-order chi connectivity index (χ0) is 31.0. The van der Waals surface area contributed by atoms with E-state index in [1.807, 2.05) is 44.7 Å². The van der Waals surface area contributed by atoms with Crippen molar-refractivity contribution in [3.8, 4) is 16.9 Å². The quantitative estimate of drug-likeness (QED) is 0.233. The van der Waals surface area contributed by atoms with E-state index in [0.717, 1.165) is 11.3 Å². The summed E-state index contributed by atoms with van der Waals surface area (Å²) in [5, 5.41) is 0.915. The van der Waals surface area contributed by atoms with Crippen molar-refractivity contribution in [1.82, 2.24) is 24.4 Å². The molecule has 0 aliphatic carbocycles. The van der Waals surface area contributed by atoms with Crippen LogP contribution in [-0.2, 0) is 11.2 Å². The first-order chi connectivity index (χ1) is 20.6. The van der Waals surface area contributed by atoms with E-state index < -0.39 is 5.69 Å². The van der Waals surface area contributed by atoms with E-state index in [2.05, 4.69) is 16.5 Å². The Bertz CT molecular complexity index is 1820. The van der Waals surface area contributed by atoms with Crippen LogP contribution in [-0.4, -0.2) is 69.5 Å². The van der Waals surface area contributed by atoms with Gasteiger partial charge in [0.2, 0.25) is 5.91 Å². The van der Waals surface area contributed by atoms with E-state index >= 15 is 0 Å². The van der Waals surface area contributed by atoms with Crippen LogP contribution in [0.3, 0.4) is 0 Å². The maximum Gasteiger partial charge on any atom is 0.355 e. The summed E-state index contributed by atoms with van der Waals surface area (Å²) in [4.78, 5) is 57.2. The summed E-state index contributed by atoms with van der Waals surface area (Å²) in [6.45, 7) is 13.1. The van der Waals surface area contributed by atoms with Gasteiger partial charge in [-0.2, -0.15) is 4.98 Å². The van der Waals surface area contributed by atoms with E-state index in [4.69, 9.17) is 16.6 Å². The molecule has 43 heavy (non-hydrogen) atoms. The summed E-state index contributed by atoms with van der Waals surface area (Å²) in [5.74, 6) is 0.329. The maximum atomic E-state index is 14.2. The van der Waals surface area contributed by atoms with Crippen LogP contribution in [0.5, 0.6) is 0 Å². The fourth-order valence-electron chi connectivity index (χ4n) is 5.79. The monoisotopic (exact) mass is 596 g/mol. The minimum absolute atomic E-state index is 0.0174. The highest BCUT2D eigenvalue weighted by molar-refractivity contribution is 6.63. The second kappa shape index (κ2) is 12.1. The number of aryl methyl sites for hydroxylation is 1. The Balaban J connectivity index is 1.85. The van der Waals surface area contributed by atoms with Crippen LogP contribution in [0.1, 0.15) is 55.2 Å². The molecule has 4 aromatic rings. The standard InChI is InChI=1S/C32H34BClN6O3/c1-6-20-12-13-35-26(18(3)4)28(20)40-31-23(16-24(34)27(36-31)21-10-8-9-11-22(21)29(33)42)30(37-32(40)43)39-15-14-38(17-19(39)5)25(41)7-2/h7-13,16,18-19H,2,6,14-15,17,33H2,1,3-5H3/t19-/m0/s1. The number of halogens is 1. The van der Waals surface area contributed by atoms with Gasteiger partial charge in [0, 0.05) is 43.0 Å². The van der Waals surface area contributed by atoms with Gasteiger partial charge < -0.3 is 14.6 Å². The SMILES string of the molecule is BC(=O)c1ccccc1-c1nc2c(cc1Cl)c(N1CCN(C(=O)C=C)C[C@@H]1C)nc(=O)n2-c1c(CC)ccnc1C(C)C. The molecule has 1 amide bonds. The Kier molecular flexibility index (Phi) is 8.51. The lowest BCUT2D eigenvalue weighted by Gasteiger charge is -2.40. The third-order valence-corrected chi connectivity index (χ3v) is 8.22. The number of amides is 1. The Morgan fingerprint density at radius 3 is 2.58 bits per heavy atom. The molecule has 0 unspecified atom stereocenters. The molecule has 5 rings (SSSR count). The highest BCUT2D eigenvalue weighted by Crippen LogP contribution is 2.36. The number of anilines is 1. The van der Waals surface area contributed by atoms with Gasteiger partial charge in [-0.3, -0.25) is 9.78 Å². The molecule has 0 bridgehead atoms. The maximum absolute atomic E-state index is 14.2. The Hall–Kier alpha value is -4.31. The van der Waals surface area contributed by atoms with Gasteiger partial charge in [0.05, 0.1) is 27.5 Å². The van der Waals surface area contributed by atoms with E-state index in [-0.39, 0.29) is 23.5 Å². The van der Waals surface area contributed by atoms with Gasteiger partial charge in [-0.1, -0.05) is 63.2 Å². The summed E-state index contributed by atoms with van der Waals surface area (Å²) in [6.07, 6.45) is 3.74. The second-order valence-electron chi connectivity index (χ2n) is 11.1. The molecule has 0 radical (unpaired) electrons. The average Bonchev–Trinajstić information content (AvgIpc) is 2.99. The molecule has 1 saturated heterocycles. The number of fused-ring (bicyclic) bond motifs is 1. The fraction of sp³-hybridized carbons (Fsp3) is 0.312. The van der Waals surface area contributed by atoms with Gasteiger partial charge in [0.1, 0.15) is 11.5 Å². The van der Waals surface area contributed by atoms with E-state index in [1.165, 1.54) is 13.9 Å². The van der Waals surface area contributed by atoms with Crippen molar-refractivity contribution in [3.63, 3.8) is 0 Å². The molecule has 0 saturated carbocycles. The number of carbonyl (C=O) groups is 2. The molecule has 1 aliphatic heterocycles. The molecule has 220 valence electrons. The summed E-state index contributed by atoms with van der Waals surface area (Å²) < 4.78 is 1.54. The number of benzene rings is 1. The van der Waals surface area contributed by atoms with Crippen LogP contribution in [0.2, 0.25) is 5.02 Å². The number of piperazine rings is 1. The van der Waals surface area contributed by atoms with Crippen LogP contribution in [0.25, 0.3) is 28.0 Å². The van der Waals surface area contributed by atoms with Crippen molar-refractivity contribution in [3.05, 3.63) is 87.6 Å². The molecule has 1 fully saturated rings. The number of nitrogens with zero attached hydrogens (tertiary/aromatic N) is 6. The van der Waals surface area contributed by atoms with Gasteiger partial charge in [-0.25, -0.2) is 14.3 Å². The van der Waals surface area contributed by atoms with E-state index in [1.54, 1.807) is 39.9 Å². The molecule has 4 heterocycles. The molecule has 0 spiro atoms. The number of aromatic nitrogens is 4. The number of carbonyl (C=O) groups excluding carboxylic acids is 2. The number of hydrogen-bond acceptors (Lipinski definition) is 7. The topological polar surface area (TPSA) is 101 Å². The lowest BCUT2D eigenvalue weighted by molar-refractivity contribution is -0.126. The largest absolute Gasteiger partial charge is 0.355 e. The Morgan fingerprint density at radius 2 is 1.93 bits per heavy atom. The average molecular weight is 597 g/mol. The molecular weight excluding hydrogens is 563 g/mol. The first-order valence-electron chi connectivity index (χ1n) is 14.5. The third kappa shape index (κ3) is 5.47. The zero-order valence-electron chi connectivity index (χ0n) is 25.1. The van der Waals surface area contributed by atoms with Crippen LogP contribution in [0, 0.1) is 0 Å². The highest BCUT2D eigenvalue weighted by Gasteiger charge is 2.30. The Labute approximate surface area is 256 Å². The zero-order valence-corrected chi connectivity index (χ0v) is 25.9. The van der Waals surface area contributed by atoms with Crippen molar-refractivity contribution < 1.29 is 9.59 Å². The van der Waals surface area contributed by atoms with Crippen LogP contribution < -0.4 is 10.6 Å². The first-order valence-corrected chi connectivity index (χ1v) is 14.8. The summed E-state index contributed by atoms with van der Waals surface area (Å²) in [7, 11) is 1.50. The summed E-state index contributed by atoms with van der Waals surface area (Å²) >= 11 is 6.94. The lowest BCUT2D eigenvalue weighted by Crippen LogP contribution is -2.54. The van der Waals surface area contributed by atoms with Crippen molar-refractivity contribution in [2.45, 2.75) is 46.1 Å². The minimum atomic E-state index is -0.496. The number of rotatable bonds is 7. The van der Waals surface area contributed by atoms with Crippen LogP contribution >= 0.6 is 11.6 Å². The molecule has 1 aromatic carbocycles. The minimum Gasteiger partial charge on any atom is -0.350 e. The van der Waals surface area contributed by atoms with Crippen LogP contribution in [0.15, 0.2) is 60.0 Å². The van der Waals surface area contributed by atoms with Crippen molar-refractivity contribution in [2.24, 2.45) is 0 Å². The van der Waals surface area contributed by atoms with Gasteiger partial charge in [-0.15, -0.1) is 0 Å². The molecule has 0 N–H and O–H groups in total. The highest BCUT2D eigenvalue weighted by atomic mass is 35.5.